The normalized spacial score (nSPS) is 11.0. The van der Waals surface area contributed by atoms with Crippen molar-refractivity contribution >= 4 is 38.9 Å². The van der Waals surface area contributed by atoms with E-state index in [0.29, 0.717) is 5.88 Å². The van der Waals surface area contributed by atoms with Crippen molar-refractivity contribution in [2.45, 2.75) is 26.3 Å². The van der Waals surface area contributed by atoms with Crippen LogP contribution in [0.15, 0.2) is 15.9 Å². The molecule has 86 valence electrons. The van der Waals surface area contributed by atoms with E-state index in [9.17, 15) is 0 Å². The van der Waals surface area contributed by atoms with Crippen LogP contribution in [-0.4, -0.2) is 9.78 Å². The van der Waals surface area contributed by atoms with Gasteiger partial charge in [0.25, 0.3) is 0 Å². The highest BCUT2D eigenvalue weighted by atomic mass is 79.9. The fourth-order valence-corrected chi connectivity index (χ4v) is 3.48. The first kappa shape index (κ1) is 12.1. The van der Waals surface area contributed by atoms with Gasteiger partial charge in [-0.05, 0) is 35.8 Å². The van der Waals surface area contributed by atoms with E-state index in [1.165, 1.54) is 4.88 Å². The standard InChI is InChI=1S/C11H12BrClN2S/c1-7-11(4-13)8(2)15(14-7)5-10-3-9(12)6-16-10/h3,6H,4-5H2,1-2H3. The quantitative estimate of drug-likeness (QED) is 0.778. The van der Waals surface area contributed by atoms with Crippen molar-refractivity contribution in [3.63, 3.8) is 0 Å². The summed E-state index contributed by atoms with van der Waals surface area (Å²) in [4.78, 5) is 1.29. The molecule has 5 heteroatoms. The van der Waals surface area contributed by atoms with Crippen LogP contribution < -0.4 is 0 Å². The van der Waals surface area contributed by atoms with E-state index >= 15 is 0 Å². The molecule has 0 N–H and O–H groups in total. The zero-order valence-corrected chi connectivity index (χ0v) is 12.3. The predicted molar refractivity (Wildman–Crippen MR) is 72.4 cm³/mol. The Hall–Kier alpha value is -0.320. The second-order valence-electron chi connectivity index (χ2n) is 3.67. The molecule has 0 aliphatic carbocycles. The zero-order chi connectivity index (χ0) is 11.7. The van der Waals surface area contributed by atoms with Crippen LogP contribution in [0.25, 0.3) is 0 Å². The van der Waals surface area contributed by atoms with Gasteiger partial charge >= 0.3 is 0 Å². The van der Waals surface area contributed by atoms with Crippen molar-refractivity contribution in [3.05, 3.63) is 37.7 Å². The molecule has 0 spiro atoms. The van der Waals surface area contributed by atoms with E-state index in [1.807, 2.05) is 11.6 Å². The summed E-state index contributed by atoms with van der Waals surface area (Å²) in [5, 5.41) is 6.60. The van der Waals surface area contributed by atoms with Gasteiger partial charge in [0.05, 0.1) is 18.1 Å². The van der Waals surface area contributed by atoms with E-state index in [2.05, 4.69) is 39.4 Å². The third kappa shape index (κ3) is 2.34. The van der Waals surface area contributed by atoms with Crippen molar-refractivity contribution in [2.75, 3.05) is 0 Å². The molecule has 0 amide bonds. The average molecular weight is 320 g/mol. The molecule has 2 rings (SSSR count). The first-order chi connectivity index (χ1) is 7.61. The Morgan fingerprint density at radius 1 is 1.50 bits per heavy atom. The maximum atomic E-state index is 5.90. The molecule has 0 fully saturated rings. The minimum atomic E-state index is 0.534. The summed E-state index contributed by atoms with van der Waals surface area (Å²) < 4.78 is 3.15. The molecular formula is C11H12BrClN2S. The third-order valence-corrected chi connectivity index (χ3v) is 4.54. The smallest absolute Gasteiger partial charge is 0.0755 e. The molecule has 0 saturated heterocycles. The second-order valence-corrected chi connectivity index (χ2v) is 5.85. The van der Waals surface area contributed by atoms with Gasteiger partial charge in [-0.15, -0.1) is 22.9 Å². The first-order valence-corrected chi connectivity index (χ1v) is 7.14. The van der Waals surface area contributed by atoms with Crippen LogP contribution in [0.3, 0.4) is 0 Å². The number of rotatable bonds is 3. The number of halogens is 2. The molecule has 0 unspecified atom stereocenters. The average Bonchev–Trinajstić information content (AvgIpc) is 2.74. The molecule has 2 nitrogen and oxygen atoms in total. The van der Waals surface area contributed by atoms with Crippen LogP contribution in [0.5, 0.6) is 0 Å². The summed E-state index contributed by atoms with van der Waals surface area (Å²) in [5.41, 5.74) is 3.34. The van der Waals surface area contributed by atoms with Gasteiger partial charge in [-0.25, -0.2) is 0 Å². The van der Waals surface area contributed by atoms with E-state index in [1.54, 1.807) is 11.3 Å². The lowest BCUT2D eigenvalue weighted by atomic mass is 10.2. The summed E-state index contributed by atoms with van der Waals surface area (Å²) >= 11 is 11.1. The van der Waals surface area contributed by atoms with Gasteiger partial charge < -0.3 is 0 Å². The summed E-state index contributed by atoms with van der Waals surface area (Å²) in [5.74, 6) is 0.534. The van der Waals surface area contributed by atoms with Crippen LogP contribution >= 0.6 is 38.9 Å². The molecule has 2 aromatic heterocycles. The fourth-order valence-electron chi connectivity index (χ4n) is 1.67. The van der Waals surface area contributed by atoms with Gasteiger partial charge in [0.1, 0.15) is 0 Å². The maximum absolute atomic E-state index is 5.90. The molecule has 0 aliphatic rings. The largest absolute Gasteiger partial charge is 0.264 e. The van der Waals surface area contributed by atoms with Crippen LogP contribution in [-0.2, 0) is 12.4 Å². The summed E-state index contributed by atoms with van der Waals surface area (Å²) in [6.07, 6.45) is 0. The maximum Gasteiger partial charge on any atom is 0.0755 e. The van der Waals surface area contributed by atoms with Gasteiger partial charge in [-0.1, -0.05) is 0 Å². The van der Waals surface area contributed by atoms with Crippen molar-refractivity contribution < 1.29 is 0 Å². The monoisotopic (exact) mass is 318 g/mol. The van der Waals surface area contributed by atoms with Crippen molar-refractivity contribution in [3.8, 4) is 0 Å². The number of alkyl halides is 1. The Labute approximate surface area is 112 Å². The third-order valence-electron chi connectivity index (χ3n) is 2.59. The summed E-state index contributed by atoms with van der Waals surface area (Å²) in [6, 6.07) is 2.13. The minimum absolute atomic E-state index is 0.534. The molecule has 0 atom stereocenters. The van der Waals surface area contributed by atoms with Gasteiger partial charge in [-0.2, -0.15) is 5.10 Å². The van der Waals surface area contributed by atoms with Crippen LogP contribution in [0.4, 0.5) is 0 Å². The Morgan fingerprint density at radius 3 is 2.75 bits per heavy atom. The Bertz CT molecular complexity index is 504. The topological polar surface area (TPSA) is 17.8 Å². The van der Waals surface area contributed by atoms with Gasteiger partial charge in [0.2, 0.25) is 0 Å². The van der Waals surface area contributed by atoms with Gasteiger partial charge in [-0.3, -0.25) is 4.68 Å². The van der Waals surface area contributed by atoms with Crippen molar-refractivity contribution in [1.82, 2.24) is 9.78 Å². The molecule has 0 aromatic carbocycles. The highest BCUT2D eigenvalue weighted by Gasteiger charge is 2.11. The first-order valence-electron chi connectivity index (χ1n) is 4.93. The van der Waals surface area contributed by atoms with Crippen molar-refractivity contribution in [2.24, 2.45) is 0 Å². The van der Waals surface area contributed by atoms with Gasteiger partial charge in [0.15, 0.2) is 0 Å². The van der Waals surface area contributed by atoms with Crippen LogP contribution in [0.1, 0.15) is 21.8 Å². The van der Waals surface area contributed by atoms with Crippen LogP contribution in [0.2, 0.25) is 0 Å². The Balaban J connectivity index is 2.28. The lowest BCUT2D eigenvalue weighted by molar-refractivity contribution is 0.665. The number of aryl methyl sites for hydroxylation is 1. The minimum Gasteiger partial charge on any atom is -0.264 e. The van der Waals surface area contributed by atoms with Crippen LogP contribution in [0, 0.1) is 13.8 Å². The van der Waals surface area contributed by atoms with Crippen molar-refractivity contribution in [1.29, 1.82) is 0 Å². The van der Waals surface area contributed by atoms with E-state index in [4.69, 9.17) is 11.6 Å². The predicted octanol–water partition coefficient (Wildman–Crippen LogP) is 4.11. The Kier molecular flexibility index (Phi) is 3.72. The molecule has 0 bridgehead atoms. The van der Waals surface area contributed by atoms with E-state index in [-0.39, 0.29) is 0 Å². The second kappa shape index (κ2) is 4.90. The summed E-state index contributed by atoms with van der Waals surface area (Å²) in [7, 11) is 0. The molecular weight excluding hydrogens is 308 g/mol. The lowest BCUT2D eigenvalue weighted by Gasteiger charge is -2.02. The number of aromatic nitrogens is 2. The molecule has 0 saturated carbocycles. The summed E-state index contributed by atoms with van der Waals surface area (Å²) in [6.45, 7) is 4.89. The number of hydrogen-bond donors (Lipinski definition) is 0. The zero-order valence-electron chi connectivity index (χ0n) is 9.13. The SMILES string of the molecule is Cc1nn(Cc2cc(Br)cs2)c(C)c1CCl. The van der Waals surface area contributed by atoms with E-state index < -0.39 is 0 Å². The lowest BCUT2D eigenvalue weighted by Crippen LogP contribution is -2.02. The molecule has 2 aromatic rings. The molecule has 16 heavy (non-hydrogen) atoms. The molecule has 2 heterocycles. The molecule has 0 aliphatic heterocycles. The van der Waals surface area contributed by atoms with Gasteiger partial charge in [0, 0.05) is 26.0 Å². The number of nitrogens with zero attached hydrogens (tertiary/aromatic N) is 2. The number of thiophene rings is 1. The molecule has 0 radical (unpaired) electrons. The Morgan fingerprint density at radius 2 is 2.25 bits per heavy atom. The highest BCUT2D eigenvalue weighted by Crippen LogP contribution is 2.22. The van der Waals surface area contributed by atoms with E-state index in [0.717, 1.165) is 28.0 Å². The fraction of sp³-hybridized carbons (Fsp3) is 0.364. The highest BCUT2D eigenvalue weighted by molar-refractivity contribution is 9.10. The number of hydrogen-bond acceptors (Lipinski definition) is 2.